The molecule has 0 aliphatic rings. The Hall–Kier alpha value is -1.68. The second-order valence-corrected chi connectivity index (χ2v) is 4.52. The first-order valence-corrected chi connectivity index (χ1v) is 5.63. The second-order valence-electron chi connectivity index (χ2n) is 3.44. The average molecular weight is 233 g/mol. The molecule has 1 heterocycles. The molecule has 4 heteroatoms. The number of H-pyrrole nitrogens is 1. The summed E-state index contributed by atoms with van der Waals surface area (Å²) >= 11 is 1.26. The first-order valence-electron chi connectivity index (χ1n) is 4.82. The molecule has 3 nitrogen and oxygen atoms in total. The average Bonchev–Trinajstić information content (AvgIpc) is 2.26. The van der Waals surface area contributed by atoms with Gasteiger partial charge in [-0.05, 0) is 25.1 Å². The van der Waals surface area contributed by atoms with Crippen molar-refractivity contribution >= 4 is 11.8 Å². The van der Waals surface area contributed by atoms with Crippen molar-refractivity contribution in [3.8, 4) is 5.75 Å². The number of aryl methyl sites for hydroxylation is 1. The minimum Gasteiger partial charge on any atom is -0.506 e. The molecule has 0 bridgehead atoms. The van der Waals surface area contributed by atoms with Crippen LogP contribution in [-0.4, -0.2) is 10.1 Å². The van der Waals surface area contributed by atoms with Gasteiger partial charge in [-0.25, -0.2) is 0 Å². The summed E-state index contributed by atoms with van der Waals surface area (Å²) in [4.78, 5) is 15.3. The van der Waals surface area contributed by atoms with Crippen LogP contribution in [0.1, 0.15) is 5.56 Å². The molecule has 82 valence electrons. The number of aromatic nitrogens is 1. The van der Waals surface area contributed by atoms with Gasteiger partial charge in [-0.3, -0.25) is 4.79 Å². The van der Waals surface area contributed by atoms with Crippen molar-refractivity contribution in [1.29, 1.82) is 0 Å². The Morgan fingerprint density at radius 1 is 1.19 bits per heavy atom. The van der Waals surface area contributed by atoms with E-state index >= 15 is 0 Å². The zero-order chi connectivity index (χ0) is 11.5. The van der Waals surface area contributed by atoms with Crippen LogP contribution in [0.2, 0.25) is 0 Å². The zero-order valence-electron chi connectivity index (χ0n) is 8.73. The Kier molecular flexibility index (Phi) is 3.01. The van der Waals surface area contributed by atoms with E-state index in [9.17, 15) is 9.90 Å². The maximum atomic E-state index is 11.5. The molecule has 0 spiro atoms. The maximum absolute atomic E-state index is 11.5. The Balaban J connectivity index is 2.34. The minimum absolute atomic E-state index is 0.00863. The van der Waals surface area contributed by atoms with Crippen LogP contribution in [0.25, 0.3) is 0 Å². The fourth-order valence-corrected chi connectivity index (χ4v) is 2.11. The summed E-state index contributed by atoms with van der Waals surface area (Å²) < 4.78 is 0. The molecular formula is C12H11NO2S. The van der Waals surface area contributed by atoms with E-state index in [2.05, 4.69) is 4.98 Å². The number of benzene rings is 1. The number of pyridine rings is 1. The molecule has 0 aliphatic heterocycles. The van der Waals surface area contributed by atoms with Crippen LogP contribution >= 0.6 is 11.8 Å². The maximum Gasteiger partial charge on any atom is 0.265 e. The molecule has 0 unspecified atom stereocenters. The summed E-state index contributed by atoms with van der Waals surface area (Å²) in [6.45, 7) is 2.00. The van der Waals surface area contributed by atoms with Crippen LogP contribution in [0.3, 0.4) is 0 Å². The van der Waals surface area contributed by atoms with Gasteiger partial charge in [0, 0.05) is 11.1 Å². The molecule has 2 rings (SSSR count). The largest absolute Gasteiger partial charge is 0.506 e. The fraction of sp³-hybridized carbons (Fsp3) is 0.0833. The van der Waals surface area contributed by atoms with Gasteiger partial charge in [0.15, 0.2) is 0 Å². The van der Waals surface area contributed by atoms with Crippen LogP contribution in [-0.2, 0) is 0 Å². The standard InChI is InChI=1S/C12H11NO2S/c1-8-2-4-9(5-3-8)16-11-10(14)6-7-13-12(11)15/h2-7H,1H3,(H2,13,14,15). The van der Waals surface area contributed by atoms with Crippen molar-refractivity contribution in [3.63, 3.8) is 0 Å². The van der Waals surface area contributed by atoms with Gasteiger partial charge in [-0.1, -0.05) is 29.5 Å². The topological polar surface area (TPSA) is 53.1 Å². The third-order valence-electron chi connectivity index (χ3n) is 2.14. The van der Waals surface area contributed by atoms with Gasteiger partial charge in [-0.15, -0.1) is 0 Å². The zero-order valence-corrected chi connectivity index (χ0v) is 9.54. The summed E-state index contributed by atoms with van der Waals surface area (Å²) in [7, 11) is 0. The van der Waals surface area contributed by atoms with Gasteiger partial charge in [0.25, 0.3) is 5.56 Å². The molecule has 0 amide bonds. The molecule has 0 atom stereocenters. The summed E-state index contributed by atoms with van der Waals surface area (Å²) in [5, 5.41) is 9.57. The molecule has 2 N–H and O–H groups in total. The summed E-state index contributed by atoms with van der Waals surface area (Å²) in [5.41, 5.74) is 0.890. The first-order chi connectivity index (χ1) is 7.66. The Bertz CT molecular complexity index is 546. The van der Waals surface area contributed by atoms with Gasteiger partial charge < -0.3 is 10.1 Å². The lowest BCUT2D eigenvalue weighted by Crippen LogP contribution is -2.06. The highest BCUT2D eigenvalue weighted by Gasteiger charge is 2.07. The minimum atomic E-state index is -0.273. The van der Waals surface area contributed by atoms with E-state index in [1.165, 1.54) is 24.0 Å². The molecule has 0 aliphatic carbocycles. The number of aromatic hydroxyl groups is 1. The molecule has 16 heavy (non-hydrogen) atoms. The molecule has 0 radical (unpaired) electrons. The lowest BCUT2D eigenvalue weighted by atomic mass is 10.2. The van der Waals surface area contributed by atoms with Crippen molar-refractivity contribution < 1.29 is 5.11 Å². The third kappa shape index (κ3) is 2.28. The van der Waals surface area contributed by atoms with Crippen molar-refractivity contribution in [2.24, 2.45) is 0 Å². The summed E-state index contributed by atoms with van der Waals surface area (Å²) in [6.07, 6.45) is 1.43. The Labute approximate surface area is 97.2 Å². The van der Waals surface area contributed by atoms with Gasteiger partial charge in [0.2, 0.25) is 0 Å². The highest BCUT2D eigenvalue weighted by Crippen LogP contribution is 2.30. The smallest absolute Gasteiger partial charge is 0.265 e. The summed E-state index contributed by atoms with van der Waals surface area (Å²) in [5.74, 6) is 0.00863. The van der Waals surface area contributed by atoms with Crippen molar-refractivity contribution in [1.82, 2.24) is 4.98 Å². The van der Waals surface area contributed by atoms with Crippen molar-refractivity contribution in [2.45, 2.75) is 16.7 Å². The highest BCUT2D eigenvalue weighted by molar-refractivity contribution is 7.99. The number of hydrogen-bond donors (Lipinski definition) is 2. The van der Waals surface area contributed by atoms with Gasteiger partial charge in [0.05, 0.1) is 0 Å². The normalized spacial score (nSPS) is 10.3. The van der Waals surface area contributed by atoms with Crippen LogP contribution < -0.4 is 5.56 Å². The van der Waals surface area contributed by atoms with Crippen LogP contribution in [0.4, 0.5) is 0 Å². The SMILES string of the molecule is Cc1ccc(Sc2c(O)cc[nH]c2=O)cc1. The number of rotatable bonds is 2. The van der Waals surface area contributed by atoms with Gasteiger partial charge in [0.1, 0.15) is 10.6 Å². The van der Waals surface area contributed by atoms with E-state index in [0.29, 0.717) is 4.90 Å². The molecule has 1 aromatic heterocycles. The molecular weight excluding hydrogens is 222 g/mol. The second kappa shape index (κ2) is 4.45. The predicted octanol–water partition coefficient (Wildman–Crippen LogP) is 2.54. The third-order valence-corrected chi connectivity index (χ3v) is 3.24. The summed E-state index contributed by atoms with van der Waals surface area (Å²) in [6, 6.07) is 9.25. The monoisotopic (exact) mass is 233 g/mol. The molecule has 0 fully saturated rings. The number of nitrogens with one attached hydrogen (secondary N) is 1. The highest BCUT2D eigenvalue weighted by atomic mass is 32.2. The molecule has 0 saturated heterocycles. The molecule has 2 aromatic rings. The van der Waals surface area contributed by atoms with E-state index in [4.69, 9.17) is 0 Å². The van der Waals surface area contributed by atoms with E-state index in [-0.39, 0.29) is 11.3 Å². The van der Waals surface area contributed by atoms with Crippen LogP contribution in [0.5, 0.6) is 5.75 Å². The fourth-order valence-electron chi connectivity index (χ4n) is 1.28. The Morgan fingerprint density at radius 3 is 2.50 bits per heavy atom. The molecule has 0 saturated carbocycles. The van der Waals surface area contributed by atoms with Gasteiger partial charge >= 0.3 is 0 Å². The van der Waals surface area contributed by atoms with Crippen LogP contribution in [0, 0.1) is 6.92 Å². The lowest BCUT2D eigenvalue weighted by Gasteiger charge is -2.03. The van der Waals surface area contributed by atoms with E-state index in [0.717, 1.165) is 10.5 Å². The number of aromatic amines is 1. The number of hydrogen-bond acceptors (Lipinski definition) is 3. The molecule has 1 aromatic carbocycles. The van der Waals surface area contributed by atoms with Crippen molar-refractivity contribution in [2.75, 3.05) is 0 Å². The quantitative estimate of drug-likeness (QED) is 0.838. The first kappa shape index (κ1) is 10.8. The Morgan fingerprint density at radius 2 is 1.88 bits per heavy atom. The van der Waals surface area contributed by atoms with E-state index in [1.54, 1.807) is 0 Å². The predicted molar refractivity (Wildman–Crippen MR) is 64.0 cm³/mol. The van der Waals surface area contributed by atoms with E-state index in [1.807, 2.05) is 31.2 Å². The van der Waals surface area contributed by atoms with Gasteiger partial charge in [-0.2, -0.15) is 0 Å². The van der Waals surface area contributed by atoms with Crippen molar-refractivity contribution in [3.05, 3.63) is 52.4 Å². The lowest BCUT2D eigenvalue weighted by molar-refractivity contribution is 0.459. The van der Waals surface area contributed by atoms with E-state index < -0.39 is 0 Å². The van der Waals surface area contributed by atoms with Crippen LogP contribution in [0.15, 0.2) is 51.1 Å².